The Morgan fingerprint density at radius 2 is 2.25 bits per heavy atom. The van der Waals surface area contributed by atoms with Gasteiger partial charge >= 0.3 is 0 Å². The van der Waals surface area contributed by atoms with Gasteiger partial charge in [0.05, 0.1) is 25.7 Å². The molecule has 0 aliphatic carbocycles. The van der Waals surface area contributed by atoms with Crippen LogP contribution in [-0.2, 0) is 0 Å². The Morgan fingerprint density at radius 1 is 1.42 bits per heavy atom. The molecule has 0 bridgehead atoms. The molecule has 0 amide bonds. The SMILES string of the molecule is COc1cn2c(N)cnc2cn1. The van der Waals surface area contributed by atoms with Crippen molar-refractivity contribution < 1.29 is 4.74 Å². The molecule has 0 fully saturated rings. The molecule has 2 aromatic heterocycles. The number of anilines is 1. The van der Waals surface area contributed by atoms with Crippen LogP contribution in [-0.4, -0.2) is 21.5 Å². The normalized spacial score (nSPS) is 10.4. The molecule has 2 aromatic rings. The van der Waals surface area contributed by atoms with Gasteiger partial charge in [-0.1, -0.05) is 0 Å². The number of aromatic nitrogens is 3. The third kappa shape index (κ3) is 0.868. The third-order valence-electron chi connectivity index (χ3n) is 1.61. The molecule has 0 atom stereocenters. The number of hydrogen-bond donors (Lipinski definition) is 1. The van der Waals surface area contributed by atoms with Crippen LogP contribution < -0.4 is 10.5 Å². The molecule has 5 nitrogen and oxygen atoms in total. The van der Waals surface area contributed by atoms with Crippen molar-refractivity contribution >= 4 is 11.5 Å². The van der Waals surface area contributed by atoms with E-state index in [1.165, 1.54) is 0 Å². The summed E-state index contributed by atoms with van der Waals surface area (Å²) in [7, 11) is 1.56. The van der Waals surface area contributed by atoms with Gasteiger partial charge in [-0.15, -0.1) is 0 Å². The maximum Gasteiger partial charge on any atom is 0.230 e. The summed E-state index contributed by atoms with van der Waals surface area (Å²) in [5.74, 6) is 1.10. The van der Waals surface area contributed by atoms with Crippen LogP contribution in [0, 0.1) is 0 Å². The van der Waals surface area contributed by atoms with E-state index in [-0.39, 0.29) is 0 Å². The molecule has 2 heterocycles. The second kappa shape index (κ2) is 2.37. The number of nitrogen functional groups attached to an aromatic ring is 1. The first-order valence-corrected chi connectivity index (χ1v) is 3.44. The number of ether oxygens (including phenoxy) is 1. The monoisotopic (exact) mass is 164 g/mol. The molecule has 0 spiro atoms. The van der Waals surface area contributed by atoms with E-state index in [0.717, 1.165) is 0 Å². The Kier molecular flexibility index (Phi) is 1.36. The van der Waals surface area contributed by atoms with Gasteiger partial charge in [-0.2, -0.15) is 0 Å². The number of imidazole rings is 1. The van der Waals surface area contributed by atoms with Crippen LogP contribution in [0.5, 0.6) is 5.88 Å². The predicted molar refractivity (Wildman–Crippen MR) is 44.0 cm³/mol. The zero-order valence-electron chi connectivity index (χ0n) is 6.56. The standard InChI is InChI=1S/C7H8N4O/c1-12-7-4-11-5(8)2-9-6(11)3-10-7/h2-4H,8H2,1H3. The number of rotatable bonds is 1. The van der Waals surface area contributed by atoms with Crippen LogP contribution in [0.2, 0.25) is 0 Å². The molecule has 12 heavy (non-hydrogen) atoms. The summed E-state index contributed by atoms with van der Waals surface area (Å²) in [5, 5.41) is 0. The van der Waals surface area contributed by atoms with Crippen LogP contribution in [0.4, 0.5) is 5.82 Å². The van der Waals surface area contributed by atoms with E-state index in [4.69, 9.17) is 10.5 Å². The highest BCUT2D eigenvalue weighted by Crippen LogP contribution is 2.11. The summed E-state index contributed by atoms with van der Waals surface area (Å²) in [6.45, 7) is 0. The van der Waals surface area contributed by atoms with Gasteiger partial charge in [0.2, 0.25) is 5.88 Å². The minimum absolute atomic E-state index is 0.521. The molecule has 0 aliphatic heterocycles. The van der Waals surface area contributed by atoms with E-state index in [1.54, 1.807) is 30.1 Å². The van der Waals surface area contributed by atoms with Crippen molar-refractivity contribution in [2.24, 2.45) is 0 Å². The van der Waals surface area contributed by atoms with Crippen molar-refractivity contribution in [3.63, 3.8) is 0 Å². The lowest BCUT2D eigenvalue weighted by Crippen LogP contribution is -1.95. The van der Waals surface area contributed by atoms with E-state index in [2.05, 4.69) is 9.97 Å². The summed E-state index contributed by atoms with van der Waals surface area (Å²) in [6, 6.07) is 0. The zero-order chi connectivity index (χ0) is 8.55. The van der Waals surface area contributed by atoms with Gasteiger partial charge in [0, 0.05) is 0 Å². The van der Waals surface area contributed by atoms with Crippen molar-refractivity contribution in [1.82, 2.24) is 14.4 Å². The first-order valence-electron chi connectivity index (χ1n) is 3.44. The fourth-order valence-corrected chi connectivity index (χ4v) is 0.996. The van der Waals surface area contributed by atoms with Gasteiger partial charge in [0.1, 0.15) is 5.82 Å². The second-order valence-corrected chi connectivity index (χ2v) is 2.34. The Morgan fingerprint density at radius 3 is 3.00 bits per heavy atom. The summed E-state index contributed by atoms with van der Waals surface area (Å²) in [5.41, 5.74) is 6.33. The maximum absolute atomic E-state index is 5.62. The fourth-order valence-electron chi connectivity index (χ4n) is 0.996. The van der Waals surface area contributed by atoms with Gasteiger partial charge in [-0.3, -0.25) is 4.40 Å². The molecule has 0 aliphatic rings. The molecule has 0 unspecified atom stereocenters. The Labute approximate surface area is 68.8 Å². The van der Waals surface area contributed by atoms with Crippen LogP contribution in [0.3, 0.4) is 0 Å². The minimum Gasteiger partial charge on any atom is -0.480 e. The second-order valence-electron chi connectivity index (χ2n) is 2.34. The molecule has 62 valence electrons. The van der Waals surface area contributed by atoms with E-state index >= 15 is 0 Å². The van der Waals surface area contributed by atoms with E-state index in [1.807, 2.05) is 0 Å². The molecule has 5 heteroatoms. The van der Waals surface area contributed by atoms with Crippen molar-refractivity contribution in [2.75, 3.05) is 12.8 Å². The molecule has 2 N–H and O–H groups in total. The van der Waals surface area contributed by atoms with Gasteiger partial charge in [0.15, 0.2) is 5.65 Å². The van der Waals surface area contributed by atoms with Gasteiger partial charge in [0.25, 0.3) is 0 Å². The maximum atomic E-state index is 5.62. The molecular formula is C7H8N4O. The highest BCUT2D eigenvalue weighted by atomic mass is 16.5. The van der Waals surface area contributed by atoms with Crippen LogP contribution in [0.25, 0.3) is 5.65 Å². The quantitative estimate of drug-likeness (QED) is 0.659. The lowest BCUT2D eigenvalue weighted by molar-refractivity contribution is 0.395. The molecule has 0 aromatic carbocycles. The third-order valence-corrected chi connectivity index (χ3v) is 1.61. The minimum atomic E-state index is 0.521. The van der Waals surface area contributed by atoms with Gasteiger partial charge < -0.3 is 10.5 Å². The number of nitrogens with zero attached hydrogens (tertiary/aromatic N) is 3. The van der Waals surface area contributed by atoms with E-state index < -0.39 is 0 Å². The molecule has 0 radical (unpaired) electrons. The number of hydrogen-bond acceptors (Lipinski definition) is 4. The van der Waals surface area contributed by atoms with Gasteiger partial charge in [-0.05, 0) is 0 Å². The number of fused-ring (bicyclic) bond motifs is 1. The molecule has 0 saturated carbocycles. The van der Waals surface area contributed by atoms with Gasteiger partial charge in [-0.25, -0.2) is 9.97 Å². The first kappa shape index (κ1) is 6.90. The Hall–Kier alpha value is -1.78. The van der Waals surface area contributed by atoms with Crippen LogP contribution in [0.15, 0.2) is 18.6 Å². The largest absolute Gasteiger partial charge is 0.480 e. The van der Waals surface area contributed by atoms with E-state index in [0.29, 0.717) is 17.3 Å². The summed E-state index contributed by atoms with van der Waals surface area (Å²) >= 11 is 0. The average molecular weight is 164 g/mol. The van der Waals surface area contributed by atoms with Crippen molar-refractivity contribution in [3.05, 3.63) is 18.6 Å². The summed E-state index contributed by atoms with van der Waals surface area (Å²) < 4.78 is 6.65. The first-order chi connectivity index (χ1) is 5.81. The number of methoxy groups -OCH3 is 1. The predicted octanol–water partition coefficient (Wildman–Crippen LogP) is 0.320. The molecule has 0 saturated heterocycles. The highest BCUT2D eigenvalue weighted by molar-refractivity contribution is 5.46. The van der Waals surface area contributed by atoms with Crippen molar-refractivity contribution in [1.29, 1.82) is 0 Å². The smallest absolute Gasteiger partial charge is 0.230 e. The Balaban J connectivity index is 2.71. The lowest BCUT2D eigenvalue weighted by atomic mass is 10.6. The average Bonchev–Trinajstić information content (AvgIpc) is 2.47. The summed E-state index contributed by atoms with van der Waals surface area (Å²) in [6.07, 6.45) is 4.88. The van der Waals surface area contributed by atoms with Crippen molar-refractivity contribution in [3.8, 4) is 5.88 Å². The van der Waals surface area contributed by atoms with Crippen LogP contribution >= 0.6 is 0 Å². The topological polar surface area (TPSA) is 65.4 Å². The number of nitrogens with two attached hydrogens (primary N) is 1. The molecular weight excluding hydrogens is 156 g/mol. The van der Waals surface area contributed by atoms with Crippen LogP contribution in [0.1, 0.15) is 0 Å². The summed E-state index contributed by atoms with van der Waals surface area (Å²) in [4.78, 5) is 7.99. The highest BCUT2D eigenvalue weighted by Gasteiger charge is 2.00. The molecule has 2 rings (SSSR count). The Bertz CT molecular complexity index is 409. The lowest BCUT2D eigenvalue weighted by Gasteiger charge is -1.99. The fraction of sp³-hybridized carbons (Fsp3) is 0.143. The zero-order valence-corrected chi connectivity index (χ0v) is 6.56. The van der Waals surface area contributed by atoms with Crippen molar-refractivity contribution in [2.45, 2.75) is 0 Å². The van der Waals surface area contributed by atoms with E-state index in [9.17, 15) is 0 Å².